The highest BCUT2D eigenvalue weighted by molar-refractivity contribution is 5.96. The lowest BCUT2D eigenvalue weighted by molar-refractivity contribution is -0.137. The monoisotopic (exact) mass is 232 g/mol. The van der Waals surface area contributed by atoms with Crippen molar-refractivity contribution in [2.45, 2.75) is 20.0 Å². The molecule has 1 aromatic rings. The largest absolute Gasteiger partial charge is 0.494 e. The zero-order valence-corrected chi connectivity index (χ0v) is 8.89. The summed E-state index contributed by atoms with van der Waals surface area (Å²) in [6.07, 6.45) is -4.52. The fourth-order valence-corrected chi connectivity index (χ4v) is 1.32. The molecule has 0 saturated carbocycles. The minimum atomic E-state index is -4.52. The van der Waals surface area contributed by atoms with Gasteiger partial charge in [-0.2, -0.15) is 13.2 Å². The molecule has 16 heavy (non-hydrogen) atoms. The fraction of sp³-hybridized carbons (Fsp3) is 0.364. The predicted octanol–water partition coefficient (Wildman–Crippen LogP) is 3.31. The summed E-state index contributed by atoms with van der Waals surface area (Å²) in [5, 5.41) is 0. The molecular weight excluding hydrogens is 221 g/mol. The predicted molar refractivity (Wildman–Crippen MR) is 52.6 cm³/mol. The molecule has 88 valence electrons. The summed E-state index contributed by atoms with van der Waals surface area (Å²) in [5.74, 6) is -0.366. The summed E-state index contributed by atoms with van der Waals surface area (Å²) in [6.45, 7) is 3.15. The van der Waals surface area contributed by atoms with Gasteiger partial charge >= 0.3 is 6.18 Å². The Morgan fingerprint density at radius 3 is 2.44 bits per heavy atom. The van der Waals surface area contributed by atoms with Gasteiger partial charge in [0.15, 0.2) is 5.78 Å². The highest BCUT2D eigenvalue weighted by Gasteiger charge is 2.34. The van der Waals surface area contributed by atoms with Gasteiger partial charge in [-0.1, -0.05) is 0 Å². The molecule has 0 radical (unpaired) electrons. The number of hydrogen-bond acceptors (Lipinski definition) is 2. The van der Waals surface area contributed by atoms with E-state index in [0.717, 1.165) is 19.1 Å². The molecule has 1 aromatic carbocycles. The first-order valence-corrected chi connectivity index (χ1v) is 4.71. The number of rotatable bonds is 3. The van der Waals surface area contributed by atoms with Crippen LogP contribution >= 0.6 is 0 Å². The van der Waals surface area contributed by atoms with Gasteiger partial charge < -0.3 is 4.74 Å². The quantitative estimate of drug-likeness (QED) is 0.747. The Bertz CT molecular complexity index is 397. The fourth-order valence-electron chi connectivity index (χ4n) is 1.32. The Hall–Kier alpha value is -1.52. The third-order valence-electron chi connectivity index (χ3n) is 1.99. The van der Waals surface area contributed by atoms with Crippen LogP contribution in [0.1, 0.15) is 29.8 Å². The van der Waals surface area contributed by atoms with Crippen molar-refractivity contribution in [1.82, 2.24) is 0 Å². The van der Waals surface area contributed by atoms with Crippen LogP contribution in [0.15, 0.2) is 18.2 Å². The lowest BCUT2D eigenvalue weighted by Crippen LogP contribution is -2.11. The molecular formula is C11H11F3O2. The van der Waals surface area contributed by atoms with Crippen LogP contribution in [0, 0.1) is 0 Å². The molecule has 0 aliphatic heterocycles. The van der Waals surface area contributed by atoms with Crippen molar-refractivity contribution in [2.75, 3.05) is 6.61 Å². The summed E-state index contributed by atoms with van der Waals surface area (Å²) < 4.78 is 42.6. The molecule has 5 heteroatoms. The molecule has 0 aliphatic rings. The molecule has 0 saturated heterocycles. The lowest BCUT2D eigenvalue weighted by atomic mass is 10.0. The van der Waals surface area contributed by atoms with Crippen molar-refractivity contribution in [2.24, 2.45) is 0 Å². The first kappa shape index (κ1) is 12.5. The highest BCUT2D eigenvalue weighted by Crippen LogP contribution is 2.34. The third kappa shape index (κ3) is 2.74. The molecule has 0 amide bonds. The number of alkyl halides is 3. The Balaban J connectivity index is 3.25. The normalized spacial score (nSPS) is 11.3. The van der Waals surface area contributed by atoms with Gasteiger partial charge in [0, 0.05) is 5.56 Å². The van der Waals surface area contributed by atoms with Gasteiger partial charge in [0.2, 0.25) is 0 Å². The van der Waals surface area contributed by atoms with Gasteiger partial charge in [-0.3, -0.25) is 4.79 Å². The van der Waals surface area contributed by atoms with E-state index in [9.17, 15) is 18.0 Å². The van der Waals surface area contributed by atoms with Crippen molar-refractivity contribution in [3.63, 3.8) is 0 Å². The summed E-state index contributed by atoms with van der Waals surface area (Å²) in [6, 6.07) is 3.19. The second-order valence-corrected chi connectivity index (χ2v) is 3.19. The molecule has 0 unspecified atom stereocenters. The standard InChI is InChI=1S/C11H11F3O2/c1-3-16-8-4-5-10(11(12,13)14)9(6-8)7(2)15/h4-6H,3H2,1-2H3. The van der Waals surface area contributed by atoms with Crippen LogP contribution in [-0.2, 0) is 6.18 Å². The number of hydrogen-bond donors (Lipinski definition) is 0. The van der Waals surface area contributed by atoms with Gasteiger partial charge in [-0.05, 0) is 32.0 Å². The van der Waals surface area contributed by atoms with Crippen LogP contribution in [0.3, 0.4) is 0 Å². The second-order valence-electron chi connectivity index (χ2n) is 3.19. The number of ether oxygens (including phenoxy) is 1. The Morgan fingerprint density at radius 2 is 2.00 bits per heavy atom. The van der Waals surface area contributed by atoms with Crippen LogP contribution in [0.5, 0.6) is 5.75 Å². The maximum atomic E-state index is 12.5. The third-order valence-corrected chi connectivity index (χ3v) is 1.99. The molecule has 0 bridgehead atoms. The molecule has 0 fully saturated rings. The first-order valence-electron chi connectivity index (χ1n) is 4.71. The maximum Gasteiger partial charge on any atom is 0.417 e. The SMILES string of the molecule is CCOc1ccc(C(F)(F)F)c(C(C)=O)c1. The average Bonchev–Trinajstić information content (AvgIpc) is 2.16. The van der Waals surface area contributed by atoms with Crippen LogP contribution in [-0.4, -0.2) is 12.4 Å². The van der Waals surface area contributed by atoms with E-state index < -0.39 is 17.5 Å². The topological polar surface area (TPSA) is 26.3 Å². The smallest absolute Gasteiger partial charge is 0.417 e. The maximum absolute atomic E-state index is 12.5. The number of ketones is 1. The summed E-state index contributed by atoms with van der Waals surface area (Å²) in [5.41, 5.74) is -1.29. The van der Waals surface area contributed by atoms with Crippen LogP contribution in [0.2, 0.25) is 0 Å². The Kier molecular flexibility index (Phi) is 3.57. The van der Waals surface area contributed by atoms with Gasteiger partial charge in [0.05, 0.1) is 12.2 Å². The van der Waals surface area contributed by atoms with Crippen molar-refractivity contribution in [1.29, 1.82) is 0 Å². The van der Waals surface area contributed by atoms with E-state index in [1.165, 1.54) is 6.07 Å². The van der Waals surface area contributed by atoms with Crippen molar-refractivity contribution in [3.05, 3.63) is 29.3 Å². The summed E-state index contributed by atoms with van der Waals surface area (Å²) >= 11 is 0. The minimum Gasteiger partial charge on any atom is -0.494 e. The van der Waals surface area contributed by atoms with E-state index in [-0.39, 0.29) is 11.3 Å². The van der Waals surface area contributed by atoms with Crippen LogP contribution in [0.4, 0.5) is 13.2 Å². The molecule has 0 spiro atoms. The molecule has 0 atom stereocenters. The van der Waals surface area contributed by atoms with Gasteiger partial charge in [-0.25, -0.2) is 0 Å². The van der Waals surface area contributed by atoms with E-state index in [1.54, 1.807) is 6.92 Å². The van der Waals surface area contributed by atoms with Gasteiger partial charge in [-0.15, -0.1) is 0 Å². The number of carbonyl (C=O) groups excluding carboxylic acids is 1. The summed E-state index contributed by atoms with van der Waals surface area (Å²) in [4.78, 5) is 11.1. The number of Topliss-reactive ketones (excluding diaryl/α,β-unsaturated/α-hetero) is 1. The minimum absolute atomic E-state index is 0.265. The van der Waals surface area contributed by atoms with Crippen molar-refractivity contribution >= 4 is 5.78 Å². The van der Waals surface area contributed by atoms with E-state index in [0.29, 0.717) is 6.61 Å². The molecule has 0 aliphatic carbocycles. The average molecular weight is 232 g/mol. The van der Waals surface area contributed by atoms with E-state index >= 15 is 0 Å². The number of carbonyl (C=O) groups is 1. The second kappa shape index (κ2) is 4.55. The zero-order valence-electron chi connectivity index (χ0n) is 8.89. The number of halogens is 3. The lowest BCUT2D eigenvalue weighted by Gasteiger charge is -2.12. The van der Waals surface area contributed by atoms with Crippen molar-refractivity contribution < 1.29 is 22.7 Å². The first-order chi connectivity index (χ1) is 7.36. The highest BCUT2D eigenvalue weighted by atomic mass is 19.4. The zero-order chi connectivity index (χ0) is 12.3. The Labute approximate surface area is 91.0 Å². The number of benzene rings is 1. The van der Waals surface area contributed by atoms with E-state index in [1.807, 2.05) is 0 Å². The molecule has 0 heterocycles. The molecule has 2 nitrogen and oxygen atoms in total. The molecule has 1 rings (SSSR count). The molecule has 0 aromatic heterocycles. The summed E-state index contributed by atoms with van der Waals surface area (Å²) in [7, 11) is 0. The van der Waals surface area contributed by atoms with E-state index in [4.69, 9.17) is 4.74 Å². The van der Waals surface area contributed by atoms with Crippen LogP contribution in [0.25, 0.3) is 0 Å². The van der Waals surface area contributed by atoms with Gasteiger partial charge in [0.25, 0.3) is 0 Å². The van der Waals surface area contributed by atoms with Gasteiger partial charge in [0.1, 0.15) is 5.75 Å². The molecule has 0 N–H and O–H groups in total. The van der Waals surface area contributed by atoms with Crippen molar-refractivity contribution in [3.8, 4) is 5.75 Å². The van der Waals surface area contributed by atoms with E-state index in [2.05, 4.69) is 0 Å². The Morgan fingerprint density at radius 1 is 1.38 bits per heavy atom. The van der Waals surface area contributed by atoms with Crippen LogP contribution < -0.4 is 4.74 Å².